The number of aryl methyl sites for hydroxylation is 1. The molecule has 3 nitrogen and oxygen atoms in total. The van der Waals surface area contributed by atoms with Crippen LogP contribution in [0, 0.1) is 6.92 Å². The summed E-state index contributed by atoms with van der Waals surface area (Å²) in [4.78, 5) is 6.81. The first-order chi connectivity index (χ1) is 9.04. The Hall–Kier alpha value is -1.94. The number of fused-ring (bicyclic) bond motifs is 2. The minimum Gasteiger partial charge on any atom is -0.398 e. The van der Waals surface area contributed by atoms with Crippen molar-refractivity contribution in [1.29, 1.82) is 0 Å². The van der Waals surface area contributed by atoms with E-state index in [2.05, 4.69) is 29.2 Å². The van der Waals surface area contributed by atoms with Crippen LogP contribution in [0.15, 0.2) is 30.3 Å². The number of nitrogens with zero attached hydrogens (tertiary/aromatic N) is 2. The van der Waals surface area contributed by atoms with Crippen molar-refractivity contribution < 1.29 is 0 Å². The zero-order chi connectivity index (χ0) is 13.6. The summed E-state index contributed by atoms with van der Waals surface area (Å²) in [6.45, 7) is 2.01. The minimum absolute atomic E-state index is 0.827. The van der Waals surface area contributed by atoms with Gasteiger partial charge in [-0.3, -0.25) is 0 Å². The molecule has 0 spiro atoms. The van der Waals surface area contributed by atoms with Gasteiger partial charge in [-0.2, -0.15) is 0 Å². The molecule has 1 aromatic heterocycles. The first-order valence-corrected chi connectivity index (χ1v) is 6.97. The summed E-state index contributed by atoms with van der Waals surface area (Å²) in [5.74, 6) is 0. The van der Waals surface area contributed by atoms with Crippen molar-refractivity contribution in [3.63, 3.8) is 0 Å². The average Bonchev–Trinajstić information content (AvgIpc) is 2.37. The van der Waals surface area contributed by atoms with E-state index in [-0.39, 0.29) is 0 Å². The summed E-state index contributed by atoms with van der Waals surface area (Å²) in [5, 5.41) is 0. The van der Waals surface area contributed by atoms with Gasteiger partial charge in [-0.1, -0.05) is 0 Å². The predicted molar refractivity (Wildman–Crippen MR) is 85.0 cm³/mol. The fraction of sp³-hybridized carbons (Fsp3) is 0.200. The van der Waals surface area contributed by atoms with E-state index >= 15 is 0 Å². The lowest BCUT2D eigenvalue weighted by Crippen LogP contribution is -2.07. The summed E-state index contributed by atoms with van der Waals surface area (Å²) in [7, 11) is 4.09. The highest BCUT2D eigenvalue weighted by atomic mass is 32.1. The SMILES string of the molecule is Cc1cc2nc3ccc(N(C)C)cc3[s+]c2cc1N. The molecule has 2 N–H and O–H groups in total. The molecular weight excluding hydrogens is 254 g/mol. The van der Waals surface area contributed by atoms with Gasteiger partial charge in [-0.15, -0.1) is 0 Å². The van der Waals surface area contributed by atoms with Gasteiger partial charge in [0.25, 0.3) is 9.40 Å². The Morgan fingerprint density at radius 3 is 2.53 bits per heavy atom. The molecule has 2 aromatic carbocycles. The zero-order valence-electron chi connectivity index (χ0n) is 11.3. The molecule has 0 bridgehead atoms. The summed E-state index contributed by atoms with van der Waals surface area (Å²) in [5.41, 5.74) is 11.1. The van der Waals surface area contributed by atoms with Gasteiger partial charge in [-0.25, -0.2) is 4.98 Å². The van der Waals surface area contributed by atoms with E-state index in [0.717, 1.165) is 27.0 Å². The molecule has 0 aliphatic heterocycles. The monoisotopic (exact) mass is 270 g/mol. The normalized spacial score (nSPS) is 11.1. The standard InChI is InChI=1S/C15H16N3S/c1-9-6-13-15(8-11(9)16)19-14-7-10(18(2)3)4-5-12(14)17-13/h4-8H,16H2,1-3H3/q+1. The van der Waals surface area contributed by atoms with Crippen LogP contribution in [0.4, 0.5) is 11.4 Å². The van der Waals surface area contributed by atoms with Crippen LogP contribution in [-0.2, 0) is 0 Å². The van der Waals surface area contributed by atoms with Crippen LogP contribution >= 0.6 is 11.3 Å². The third-order valence-corrected chi connectivity index (χ3v) is 4.36. The maximum Gasteiger partial charge on any atom is 0.259 e. The van der Waals surface area contributed by atoms with Crippen LogP contribution in [0.2, 0.25) is 0 Å². The Morgan fingerprint density at radius 2 is 1.79 bits per heavy atom. The summed E-state index contributed by atoms with van der Waals surface area (Å²) < 4.78 is 2.31. The van der Waals surface area contributed by atoms with Gasteiger partial charge in [0, 0.05) is 37.6 Å². The fourth-order valence-electron chi connectivity index (χ4n) is 2.06. The topological polar surface area (TPSA) is 42.2 Å². The van der Waals surface area contributed by atoms with Crippen LogP contribution < -0.4 is 10.6 Å². The van der Waals surface area contributed by atoms with Crippen molar-refractivity contribution >= 4 is 43.1 Å². The Kier molecular flexibility index (Phi) is 2.75. The Labute approximate surface area is 116 Å². The summed E-state index contributed by atoms with van der Waals surface area (Å²) >= 11 is 1.74. The van der Waals surface area contributed by atoms with Crippen LogP contribution in [0.3, 0.4) is 0 Å². The molecule has 0 atom stereocenters. The summed E-state index contributed by atoms with van der Waals surface area (Å²) in [6.07, 6.45) is 0. The molecular formula is C15H16N3S+. The van der Waals surface area contributed by atoms with Gasteiger partial charge in [-0.05, 0) is 30.7 Å². The van der Waals surface area contributed by atoms with Crippen molar-refractivity contribution in [3.05, 3.63) is 35.9 Å². The number of anilines is 2. The second-order valence-corrected chi connectivity index (χ2v) is 6.02. The maximum atomic E-state index is 5.98. The lowest BCUT2D eigenvalue weighted by molar-refractivity contribution is 1.14. The van der Waals surface area contributed by atoms with E-state index in [0.29, 0.717) is 0 Å². The van der Waals surface area contributed by atoms with Crippen molar-refractivity contribution in [2.45, 2.75) is 6.92 Å². The quantitative estimate of drug-likeness (QED) is 0.416. The third kappa shape index (κ3) is 2.08. The molecule has 0 fully saturated rings. The number of hydrogen-bond acceptors (Lipinski definition) is 3. The van der Waals surface area contributed by atoms with Gasteiger partial charge in [0.15, 0.2) is 0 Å². The maximum absolute atomic E-state index is 5.98. The number of hydrogen-bond donors (Lipinski definition) is 1. The second-order valence-electron chi connectivity index (χ2n) is 4.94. The smallest absolute Gasteiger partial charge is 0.259 e. The summed E-state index contributed by atoms with van der Waals surface area (Å²) in [6, 6.07) is 10.4. The van der Waals surface area contributed by atoms with Gasteiger partial charge in [0.2, 0.25) is 11.3 Å². The van der Waals surface area contributed by atoms with Gasteiger partial charge in [0.05, 0.1) is 0 Å². The van der Waals surface area contributed by atoms with E-state index in [4.69, 9.17) is 10.7 Å². The average molecular weight is 270 g/mol. The fourth-order valence-corrected chi connectivity index (χ4v) is 3.09. The van der Waals surface area contributed by atoms with Crippen molar-refractivity contribution in [3.8, 4) is 0 Å². The first-order valence-electron chi connectivity index (χ1n) is 6.15. The molecule has 4 heteroatoms. The largest absolute Gasteiger partial charge is 0.398 e. The predicted octanol–water partition coefficient (Wildman–Crippen LogP) is 3.69. The number of rotatable bonds is 1. The molecule has 0 radical (unpaired) electrons. The molecule has 3 aromatic rings. The third-order valence-electron chi connectivity index (χ3n) is 3.27. The van der Waals surface area contributed by atoms with E-state index in [1.807, 2.05) is 27.1 Å². The number of aromatic nitrogens is 1. The number of nitrogens with two attached hydrogens (primary N) is 1. The molecule has 96 valence electrons. The van der Waals surface area contributed by atoms with Crippen LogP contribution in [0.1, 0.15) is 5.56 Å². The lowest BCUT2D eigenvalue weighted by Gasteiger charge is -2.10. The van der Waals surface area contributed by atoms with Gasteiger partial charge >= 0.3 is 0 Å². The molecule has 0 amide bonds. The molecule has 0 aliphatic carbocycles. The Balaban J connectivity index is 2.32. The van der Waals surface area contributed by atoms with Crippen LogP contribution in [-0.4, -0.2) is 19.1 Å². The van der Waals surface area contributed by atoms with Crippen LogP contribution in [0.5, 0.6) is 0 Å². The Morgan fingerprint density at radius 1 is 1.05 bits per heavy atom. The molecule has 0 saturated heterocycles. The van der Waals surface area contributed by atoms with Crippen LogP contribution in [0.25, 0.3) is 20.4 Å². The van der Waals surface area contributed by atoms with Crippen molar-refractivity contribution in [2.75, 3.05) is 24.7 Å². The van der Waals surface area contributed by atoms with Crippen molar-refractivity contribution in [2.24, 2.45) is 0 Å². The van der Waals surface area contributed by atoms with Gasteiger partial charge < -0.3 is 10.6 Å². The zero-order valence-corrected chi connectivity index (χ0v) is 12.1. The van der Waals surface area contributed by atoms with Gasteiger partial charge in [0.1, 0.15) is 11.0 Å². The van der Waals surface area contributed by atoms with E-state index in [1.165, 1.54) is 10.4 Å². The lowest BCUT2D eigenvalue weighted by atomic mass is 10.2. The van der Waals surface area contributed by atoms with E-state index in [1.54, 1.807) is 11.3 Å². The molecule has 1 heterocycles. The molecule has 0 aliphatic rings. The highest BCUT2D eigenvalue weighted by Gasteiger charge is 2.15. The van der Waals surface area contributed by atoms with E-state index in [9.17, 15) is 0 Å². The first kappa shape index (κ1) is 12.1. The molecule has 0 saturated carbocycles. The minimum atomic E-state index is 0.827. The molecule has 3 rings (SSSR count). The highest BCUT2D eigenvalue weighted by molar-refractivity contribution is 7.24. The highest BCUT2D eigenvalue weighted by Crippen LogP contribution is 2.30. The van der Waals surface area contributed by atoms with Crippen molar-refractivity contribution in [1.82, 2.24) is 4.98 Å². The number of benzene rings is 2. The second kappa shape index (κ2) is 4.31. The van der Waals surface area contributed by atoms with E-state index < -0.39 is 0 Å². The molecule has 19 heavy (non-hydrogen) atoms. The number of nitrogen functional groups attached to an aromatic ring is 1. The Bertz CT molecular complexity index is 781. The molecule has 0 unspecified atom stereocenters.